The van der Waals surface area contributed by atoms with Crippen molar-refractivity contribution < 1.29 is 23.1 Å². The highest BCUT2D eigenvalue weighted by atomic mass is 19.4. The number of amides is 1. The van der Waals surface area contributed by atoms with Crippen molar-refractivity contribution in [3.05, 3.63) is 46.3 Å². The van der Waals surface area contributed by atoms with Gasteiger partial charge in [0, 0.05) is 17.5 Å². The van der Waals surface area contributed by atoms with E-state index in [4.69, 9.17) is 5.53 Å². The molecule has 0 aromatic heterocycles. The molecule has 0 radical (unpaired) electrons. The number of hydrogen-bond donors (Lipinski definition) is 1. The molecule has 1 aliphatic carbocycles. The zero-order chi connectivity index (χ0) is 17.7. The molecule has 0 aliphatic heterocycles. The minimum Gasteiger partial charge on any atom is -0.393 e. The first-order valence-electron chi connectivity index (χ1n) is 7.47. The highest BCUT2D eigenvalue weighted by Gasteiger charge is 2.46. The predicted molar refractivity (Wildman–Crippen MR) is 79.6 cm³/mol. The zero-order valence-electron chi connectivity index (χ0n) is 12.7. The van der Waals surface area contributed by atoms with Crippen LogP contribution in [0.1, 0.15) is 24.8 Å². The number of nitrogens with zero attached hydrogens (tertiary/aromatic N) is 4. The SMILES string of the molecule is [N-]=[N+]=NC1CC(N(Cc2ccccc2)C(=O)C(F)(F)F)CCC1O. The molecule has 1 fully saturated rings. The van der Waals surface area contributed by atoms with Gasteiger partial charge in [0.15, 0.2) is 0 Å². The molecule has 6 nitrogen and oxygen atoms in total. The topological polar surface area (TPSA) is 89.3 Å². The summed E-state index contributed by atoms with van der Waals surface area (Å²) in [6.07, 6.45) is -5.51. The Kier molecular flexibility index (Phi) is 5.69. The number of aliphatic hydroxyl groups is 1. The molecule has 1 aromatic rings. The molecule has 1 aromatic carbocycles. The summed E-state index contributed by atoms with van der Waals surface area (Å²) in [4.78, 5) is 15.2. The van der Waals surface area contributed by atoms with E-state index in [1.165, 1.54) is 0 Å². The van der Waals surface area contributed by atoms with Crippen LogP contribution in [0.3, 0.4) is 0 Å². The normalized spacial score (nSPS) is 24.1. The first-order chi connectivity index (χ1) is 11.3. The maximum atomic E-state index is 13.0. The standard InChI is InChI=1S/C15H17F3N4O2/c16-15(17,18)14(24)22(9-10-4-2-1-3-5-10)11-6-7-13(23)12(8-11)20-21-19/h1-5,11-13,23H,6-9H2. The summed E-state index contributed by atoms with van der Waals surface area (Å²) in [5, 5.41) is 13.2. The number of aliphatic hydroxyl groups excluding tert-OH is 1. The molecule has 3 atom stereocenters. The van der Waals surface area contributed by atoms with Crippen molar-refractivity contribution >= 4 is 5.91 Å². The fourth-order valence-corrected chi connectivity index (χ4v) is 2.89. The Hall–Kier alpha value is -2.25. The van der Waals surface area contributed by atoms with Crippen LogP contribution in [0.15, 0.2) is 35.4 Å². The third kappa shape index (κ3) is 4.39. The summed E-state index contributed by atoms with van der Waals surface area (Å²) >= 11 is 0. The molecule has 1 N–H and O–H groups in total. The Balaban J connectivity index is 2.25. The van der Waals surface area contributed by atoms with E-state index in [2.05, 4.69) is 10.0 Å². The predicted octanol–water partition coefficient (Wildman–Crippen LogP) is 3.17. The summed E-state index contributed by atoms with van der Waals surface area (Å²) in [6, 6.07) is 6.77. The molecule has 1 amide bonds. The van der Waals surface area contributed by atoms with Gasteiger partial charge >= 0.3 is 12.1 Å². The number of rotatable bonds is 4. The lowest BCUT2D eigenvalue weighted by Gasteiger charge is -2.38. The Bertz CT molecular complexity index is 617. The van der Waals surface area contributed by atoms with Crippen LogP contribution in [0, 0.1) is 0 Å². The minimum atomic E-state index is -4.99. The fraction of sp³-hybridized carbons (Fsp3) is 0.533. The molecule has 0 saturated heterocycles. The van der Waals surface area contributed by atoms with Gasteiger partial charge in [0.05, 0.1) is 12.1 Å². The molecule has 1 saturated carbocycles. The van der Waals surface area contributed by atoms with Gasteiger partial charge in [0.2, 0.25) is 0 Å². The van der Waals surface area contributed by atoms with E-state index in [-0.39, 0.29) is 25.8 Å². The van der Waals surface area contributed by atoms with Crippen LogP contribution in [0.4, 0.5) is 13.2 Å². The van der Waals surface area contributed by atoms with Crippen molar-refractivity contribution in [2.24, 2.45) is 5.11 Å². The van der Waals surface area contributed by atoms with Crippen molar-refractivity contribution in [1.29, 1.82) is 0 Å². The van der Waals surface area contributed by atoms with E-state index < -0.39 is 30.3 Å². The van der Waals surface area contributed by atoms with Gasteiger partial charge in [-0.2, -0.15) is 13.2 Å². The van der Waals surface area contributed by atoms with Crippen molar-refractivity contribution in [2.75, 3.05) is 0 Å². The molecule has 2 rings (SSSR count). The second kappa shape index (κ2) is 7.55. The van der Waals surface area contributed by atoms with Gasteiger partial charge in [0.1, 0.15) is 0 Å². The van der Waals surface area contributed by atoms with E-state index in [1.54, 1.807) is 30.3 Å². The number of azide groups is 1. The lowest BCUT2D eigenvalue weighted by Crippen LogP contribution is -2.50. The molecule has 130 valence electrons. The monoisotopic (exact) mass is 342 g/mol. The van der Waals surface area contributed by atoms with Crippen LogP contribution in [0.25, 0.3) is 10.4 Å². The molecule has 0 heterocycles. The molecule has 24 heavy (non-hydrogen) atoms. The molecule has 0 spiro atoms. The van der Waals surface area contributed by atoms with Gasteiger partial charge in [-0.15, -0.1) is 0 Å². The van der Waals surface area contributed by atoms with E-state index in [0.29, 0.717) is 5.56 Å². The molecule has 1 aliphatic rings. The molecular formula is C15H17F3N4O2. The van der Waals surface area contributed by atoms with Gasteiger partial charge in [0.25, 0.3) is 0 Å². The lowest BCUT2D eigenvalue weighted by atomic mass is 9.87. The third-order valence-electron chi connectivity index (χ3n) is 4.09. The van der Waals surface area contributed by atoms with Crippen LogP contribution in [0.5, 0.6) is 0 Å². The second-order valence-electron chi connectivity index (χ2n) is 5.72. The molecule has 9 heteroatoms. The largest absolute Gasteiger partial charge is 0.471 e. The van der Waals surface area contributed by atoms with Crippen molar-refractivity contribution in [3.8, 4) is 0 Å². The minimum absolute atomic E-state index is 0.000119. The van der Waals surface area contributed by atoms with Gasteiger partial charge in [-0.05, 0) is 30.4 Å². The van der Waals surface area contributed by atoms with E-state index in [0.717, 1.165) is 4.90 Å². The summed E-state index contributed by atoms with van der Waals surface area (Å²) in [7, 11) is 0. The highest BCUT2D eigenvalue weighted by molar-refractivity contribution is 5.82. The van der Waals surface area contributed by atoms with E-state index in [9.17, 15) is 23.1 Å². The first kappa shape index (κ1) is 18.1. The summed E-state index contributed by atoms with van der Waals surface area (Å²) in [5.41, 5.74) is 9.09. The number of carbonyl (C=O) groups excluding carboxylic acids is 1. The Morgan fingerprint density at radius 1 is 1.33 bits per heavy atom. The number of alkyl halides is 3. The highest BCUT2D eigenvalue weighted by Crippen LogP contribution is 2.30. The van der Waals surface area contributed by atoms with Crippen LogP contribution in [-0.4, -0.2) is 40.3 Å². The van der Waals surface area contributed by atoms with Crippen LogP contribution >= 0.6 is 0 Å². The fourth-order valence-electron chi connectivity index (χ4n) is 2.89. The zero-order valence-corrected chi connectivity index (χ0v) is 12.7. The summed E-state index contributed by atoms with van der Waals surface area (Å²) in [5.74, 6) is -1.92. The molecule has 0 bridgehead atoms. The number of benzene rings is 1. The second-order valence-corrected chi connectivity index (χ2v) is 5.72. The molecule has 3 unspecified atom stereocenters. The molecular weight excluding hydrogens is 325 g/mol. The van der Waals surface area contributed by atoms with Crippen molar-refractivity contribution in [3.63, 3.8) is 0 Å². The smallest absolute Gasteiger partial charge is 0.393 e. The van der Waals surface area contributed by atoms with Crippen LogP contribution < -0.4 is 0 Å². The average Bonchev–Trinajstić information content (AvgIpc) is 2.54. The van der Waals surface area contributed by atoms with Crippen molar-refractivity contribution in [2.45, 2.75) is 50.2 Å². The van der Waals surface area contributed by atoms with E-state index in [1.807, 2.05) is 0 Å². The van der Waals surface area contributed by atoms with Crippen LogP contribution in [-0.2, 0) is 11.3 Å². The van der Waals surface area contributed by atoms with Gasteiger partial charge in [-0.25, -0.2) is 0 Å². The van der Waals surface area contributed by atoms with Gasteiger partial charge in [-0.3, -0.25) is 4.79 Å². The van der Waals surface area contributed by atoms with E-state index >= 15 is 0 Å². The Morgan fingerprint density at radius 2 is 2.00 bits per heavy atom. The number of halogens is 3. The average molecular weight is 342 g/mol. The quantitative estimate of drug-likeness (QED) is 0.517. The van der Waals surface area contributed by atoms with Crippen LogP contribution in [0.2, 0.25) is 0 Å². The Morgan fingerprint density at radius 3 is 2.58 bits per heavy atom. The first-order valence-corrected chi connectivity index (χ1v) is 7.47. The number of carbonyl (C=O) groups is 1. The maximum Gasteiger partial charge on any atom is 0.471 e. The van der Waals surface area contributed by atoms with Crippen molar-refractivity contribution in [1.82, 2.24) is 4.90 Å². The van der Waals surface area contributed by atoms with Gasteiger partial charge < -0.3 is 10.0 Å². The third-order valence-corrected chi connectivity index (χ3v) is 4.09. The maximum absolute atomic E-state index is 13.0. The Labute approximate surface area is 136 Å². The lowest BCUT2D eigenvalue weighted by molar-refractivity contribution is -0.189. The number of hydrogen-bond acceptors (Lipinski definition) is 3. The van der Waals surface area contributed by atoms with Gasteiger partial charge in [-0.1, -0.05) is 35.4 Å². The summed E-state index contributed by atoms with van der Waals surface area (Å²) in [6.45, 7) is -0.192. The summed E-state index contributed by atoms with van der Waals surface area (Å²) < 4.78 is 38.9.